The Morgan fingerprint density at radius 3 is 2.17 bits per heavy atom. The molecule has 0 aliphatic carbocycles. The van der Waals surface area contributed by atoms with Crippen molar-refractivity contribution in [3.05, 3.63) is 95.1 Å². The highest BCUT2D eigenvalue weighted by Crippen LogP contribution is 2.23. The van der Waals surface area contributed by atoms with Crippen LogP contribution in [-0.4, -0.2) is 20.1 Å². The highest BCUT2D eigenvalue weighted by molar-refractivity contribution is 5.94. The van der Waals surface area contributed by atoms with E-state index in [1.807, 2.05) is 48.5 Å². The van der Waals surface area contributed by atoms with Crippen molar-refractivity contribution in [1.82, 2.24) is 5.32 Å². The predicted octanol–water partition coefficient (Wildman–Crippen LogP) is 4.29. The monoisotopic (exact) mass is 386 g/mol. The van der Waals surface area contributed by atoms with Crippen LogP contribution in [0.15, 0.2) is 72.8 Å². The molecule has 0 radical (unpaired) electrons. The molecular weight excluding hydrogens is 364 g/mol. The van der Waals surface area contributed by atoms with Crippen LogP contribution >= 0.6 is 0 Å². The molecule has 29 heavy (non-hydrogen) atoms. The van der Waals surface area contributed by atoms with Gasteiger partial charge in [-0.3, -0.25) is 4.79 Å². The van der Waals surface area contributed by atoms with Gasteiger partial charge in [0, 0.05) is 5.56 Å². The third-order valence-electron chi connectivity index (χ3n) is 4.68. The Morgan fingerprint density at radius 1 is 0.966 bits per heavy atom. The Kier molecular flexibility index (Phi) is 6.49. The number of amides is 1. The first kappa shape index (κ1) is 20.0. The highest BCUT2D eigenvalue weighted by atomic mass is 16.5. The summed E-state index contributed by atoms with van der Waals surface area (Å²) in [4.78, 5) is 12.8. The van der Waals surface area contributed by atoms with Crippen molar-refractivity contribution < 1.29 is 14.3 Å². The molecule has 1 atom stereocenters. The molecule has 5 heteroatoms. The number of carbonyl (C=O) groups is 1. The lowest BCUT2D eigenvalue weighted by atomic mass is 9.98. The van der Waals surface area contributed by atoms with E-state index in [9.17, 15) is 4.79 Å². The first-order valence-electron chi connectivity index (χ1n) is 9.21. The number of rotatable bonds is 7. The average Bonchev–Trinajstić information content (AvgIpc) is 2.79. The van der Waals surface area contributed by atoms with Crippen LogP contribution in [0.4, 0.5) is 0 Å². The van der Waals surface area contributed by atoms with Gasteiger partial charge in [-0.25, -0.2) is 0 Å². The van der Waals surface area contributed by atoms with E-state index < -0.39 is 0 Å². The van der Waals surface area contributed by atoms with Crippen LogP contribution in [-0.2, 0) is 6.42 Å². The van der Waals surface area contributed by atoms with E-state index in [0.29, 0.717) is 17.5 Å². The van der Waals surface area contributed by atoms with E-state index in [1.54, 1.807) is 38.5 Å². The smallest absolute Gasteiger partial charge is 0.251 e. The first-order chi connectivity index (χ1) is 14.1. The van der Waals surface area contributed by atoms with Crippen LogP contribution < -0.4 is 14.8 Å². The van der Waals surface area contributed by atoms with Gasteiger partial charge in [0.1, 0.15) is 11.5 Å². The van der Waals surface area contributed by atoms with E-state index in [0.717, 1.165) is 22.6 Å². The summed E-state index contributed by atoms with van der Waals surface area (Å²) in [6, 6.07) is 23.9. The van der Waals surface area contributed by atoms with E-state index in [-0.39, 0.29) is 11.9 Å². The number of nitriles is 1. The summed E-state index contributed by atoms with van der Waals surface area (Å²) in [7, 11) is 3.25. The Labute approximate surface area is 170 Å². The van der Waals surface area contributed by atoms with Crippen LogP contribution in [0, 0.1) is 11.3 Å². The fourth-order valence-corrected chi connectivity index (χ4v) is 3.06. The third-order valence-corrected chi connectivity index (χ3v) is 4.68. The molecule has 0 aliphatic heterocycles. The number of nitrogens with one attached hydrogen (secondary N) is 1. The second kappa shape index (κ2) is 9.43. The van der Waals surface area contributed by atoms with Gasteiger partial charge in [0.05, 0.1) is 31.9 Å². The molecule has 0 aliphatic rings. The number of hydrogen-bond donors (Lipinski definition) is 1. The van der Waals surface area contributed by atoms with Crippen molar-refractivity contribution in [3.63, 3.8) is 0 Å². The number of ether oxygens (including phenoxy) is 2. The topological polar surface area (TPSA) is 71.3 Å². The largest absolute Gasteiger partial charge is 0.497 e. The third kappa shape index (κ3) is 5.14. The predicted molar refractivity (Wildman–Crippen MR) is 111 cm³/mol. The minimum Gasteiger partial charge on any atom is -0.497 e. The van der Waals surface area contributed by atoms with Crippen LogP contribution in [0.25, 0.3) is 0 Å². The number of carbonyl (C=O) groups excluding carboxylic acids is 1. The van der Waals surface area contributed by atoms with Gasteiger partial charge >= 0.3 is 0 Å². The van der Waals surface area contributed by atoms with Crippen molar-refractivity contribution in [1.29, 1.82) is 5.26 Å². The average molecular weight is 386 g/mol. The molecule has 0 unspecified atom stereocenters. The van der Waals surface area contributed by atoms with Gasteiger partial charge in [-0.15, -0.1) is 0 Å². The normalized spacial score (nSPS) is 11.2. The lowest BCUT2D eigenvalue weighted by Gasteiger charge is -2.20. The molecule has 5 nitrogen and oxygen atoms in total. The van der Waals surface area contributed by atoms with E-state index in [2.05, 4.69) is 11.4 Å². The lowest BCUT2D eigenvalue weighted by Crippen LogP contribution is -2.30. The first-order valence-corrected chi connectivity index (χ1v) is 9.21. The van der Waals surface area contributed by atoms with Gasteiger partial charge in [0.25, 0.3) is 5.91 Å². The molecule has 146 valence electrons. The quantitative estimate of drug-likeness (QED) is 0.658. The van der Waals surface area contributed by atoms with Crippen molar-refractivity contribution in [3.8, 4) is 17.6 Å². The van der Waals surface area contributed by atoms with Crippen LogP contribution in [0.2, 0.25) is 0 Å². The maximum Gasteiger partial charge on any atom is 0.251 e. The summed E-state index contributed by atoms with van der Waals surface area (Å²) in [5.74, 6) is 1.31. The fraction of sp³-hybridized carbons (Fsp3) is 0.167. The fourth-order valence-electron chi connectivity index (χ4n) is 3.06. The summed E-state index contributed by atoms with van der Waals surface area (Å²) in [6.45, 7) is 0. The summed E-state index contributed by atoms with van der Waals surface area (Å²) in [6.07, 6.45) is 0.611. The van der Waals surface area contributed by atoms with Gasteiger partial charge < -0.3 is 14.8 Å². The van der Waals surface area contributed by atoms with Crippen LogP contribution in [0.1, 0.15) is 33.1 Å². The van der Waals surface area contributed by atoms with Gasteiger partial charge in [-0.05, 0) is 60.0 Å². The Hall–Kier alpha value is -3.78. The van der Waals surface area contributed by atoms with E-state index >= 15 is 0 Å². The number of benzene rings is 3. The van der Waals surface area contributed by atoms with Gasteiger partial charge in [0.2, 0.25) is 0 Å². The molecule has 1 amide bonds. The van der Waals surface area contributed by atoms with Gasteiger partial charge in [-0.2, -0.15) is 5.26 Å². The molecule has 0 saturated heterocycles. The van der Waals surface area contributed by atoms with E-state index in [1.165, 1.54) is 0 Å². The lowest BCUT2D eigenvalue weighted by molar-refractivity contribution is 0.0936. The highest BCUT2D eigenvalue weighted by Gasteiger charge is 2.17. The maximum absolute atomic E-state index is 12.8. The zero-order valence-corrected chi connectivity index (χ0v) is 16.4. The molecule has 0 aromatic heterocycles. The minimum absolute atomic E-state index is 0.226. The molecule has 1 N–H and O–H groups in total. The van der Waals surface area contributed by atoms with Gasteiger partial charge in [-0.1, -0.05) is 30.3 Å². The van der Waals surface area contributed by atoms with Crippen molar-refractivity contribution >= 4 is 5.91 Å². The Morgan fingerprint density at radius 2 is 1.59 bits per heavy atom. The summed E-state index contributed by atoms with van der Waals surface area (Å²) < 4.78 is 10.5. The van der Waals surface area contributed by atoms with Crippen molar-refractivity contribution in [2.45, 2.75) is 12.5 Å². The second-order valence-corrected chi connectivity index (χ2v) is 6.54. The molecule has 0 bridgehead atoms. The van der Waals surface area contributed by atoms with Crippen molar-refractivity contribution in [2.75, 3.05) is 14.2 Å². The zero-order valence-electron chi connectivity index (χ0n) is 16.4. The number of nitrogens with zero attached hydrogens (tertiary/aromatic N) is 1. The second-order valence-electron chi connectivity index (χ2n) is 6.54. The SMILES string of the molecule is COc1ccc(C[C@@H](NC(=O)c2cccc(C#N)c2)c2ccc(OC)cc2)cc1. The molecule has 3 rings (SSSR count). The molecule has 0 fully saturated rings. The van der Waals surface area contributed by atoms with Crippen LogP contribution in [0.5, 0.6) is 11.5 Å². The summed E-state index contributed by atoms with van der Waals surface area (Å²) in [5, 5.41) is 12.2. The Bertz CT molecular complexity index is 1010. The number of hydrogen-bond acceptors (Lipinski definition) is 4. The molecule has 0 spiro atoms. The molecule has 3 aromatic carbocycles. The van der Waals surface area contributed by atoms with Crippen molar-refractivity contribution in [2.24, 2.45) is 0 Å². The minimum atomic E-state index is -0.243. The molecule has 0 heterocycles. The molecule has 0 saturated carbocycles. The molecular formula is C24H22N2O3. The maximum atomic E-state index is 12.8. The summed E-state index contributed by atoms with van der Waals surface area (Å²) >= 11 is 0. The summed E-state index contributed by atoms with van der Waals surface area (Å²) in [5.41, 5.74) is 2.94. The molecule has 3 aromatic rings. The van der Waals surface area contributed by atoms with Gasteiger partial charge in [0.15, 0.2) is 0 Å². The standard InChI is InChI=1S/C24H22N2O3/c1-28-21-10-6-17(7-11-21)15-23(19-8-12-22(29-2)13-9-19)26-24(27)20-5-3-4-18(14-20)16-25/h3-14,23H,15H2,1-2H3,(H,26,27)/t23-/m1/s1. The zero-order chi connectivity index (χ0) is 20.6. The number of methoxy groups -OCH3 is 2. The Balaban J connectivity index is 1.86. The van der Waals surface area contributed by atoms with E-state index in [4.69, 9.17) is 14.7 Å². The van der Waals surface area contributed by atoms with Crippen LogP contribution in [0.3, 0.4) is 0 Å².